The minimum atomic E-state index is -0.474. The van der Waals surface area contributed by atoms with E-state index in [-0.39, 0.29) is 11.4 Å². The normalized spacial score (nSPS) is 16.7. The highest BCUT2D eigenvalue weighted by atomic mass is 35.5. The number of ether oxygens (including phenoxy) is 2. The van der Waals surface area contributed by atoms with Crippen LogP contribution in [0, 0.1) is 5.41 Å². The maximum Gasteiger partial charge on any atom is 0.282 e. The van der Waals surface area contributed by atoms with Gasteiger partial charge in [-0.3, -0.25) is 10.2 Å². The number of benzene rings is 2. The third-order valence-corrected chi connectivity index (χ3v) is 4.63. The second kappa shape index (κ2) is 8.42. The van der Waals surface area contributed by atoms with Gasteiger partial charge in [0.15, 0.2) is 11.7 Å². The second-order valence-corrected chi connectivity index (χ2v) is 6.93. The summed E-state index contributed by atoms with van der Waals surface area (Å²) in [6.07, 6.45) is 3.22. The molecule has 2 heterocycles. The number of carbonyl (C=O) groups is 1. The minimum absolute atomic E-state index is 0.0462. The van der Waals surface area contributed by atoms with E-state index in [9.17, 15) is 4.79 Å². The number of nitrogens with one attached hydrogen (secondary N) is 1. The Hall–Kier alpha value is -3.58. The number of carbonyl (C=O) groups excluding carboxylic acids is 1. The van der Waals surface area contributed by atoms with E-state index >= 15 is 0 Å². The first-order valence-corrected chi connectivity index (χ1v) is 9.59. The molecule has 1 amide bonds. The molecule has 1 N–H and O–H groups in total. The molecular formula is C22H18ClN3O4. The van der Waals surface area contributed by atoms with Crippen LogP contribution in [0.1, 0.15) is 12.5 Å². The van der Waals surface area contributed by atoms with Crippen LogP contribution in [0.4, 0.5) is 0 Å². The van der Waals surface area contributed by atoms with Crippen LogP contribution in [-0.2, 0) is 9.63 Å². The Kier molecular flexibility index (Phi) is 5.54. The first-order valence-electron chi connectivity index (χ1n) is 9.21. The highest BCUT2D eigenvalue weighted by Crippen LogP contribution is 2.25. The lowest BCUT2D eigenvalue weighted by atomic mass is 10.1. The van der Waals surface area contributed by atoms with E-state index in [4.69, 9.17) is 31.3 Å². The SMILES string of the molecule is CC1=CC2=NC(=O)/C(=C/c3ccc(OCCOc4ccccc4Cl)cc3)C(=N)N2O1. The number of hydroxylamine groups is 2. The van der Waals surface area contributed by atoms with E-state index in [1.165, 1.54) is 5.06 Å². The summed E-state index contributed by atoms with van der Waals surface area (Å²) in [5.41, 5.74) is 0.897. The third-order valence-electron chi connectivity index (χ3n) is 4.32. The van der Waals surface area contributed by atoms with Gasteiger partial charge in [0, 0.05) is 6.08 Å². The Morgan fingerprint density at radius 1 is 1.13 bits per heavy atom. The molecule has 2 aliphatic heterocycles. The van der Waals surface area contributed by atoms with Gasteiger partial charge in [0.2, 0.25) is 0 Å². The summed E-state index contributed by atoms with van der Waals surface area (Å²) in [6.45, 7) is 2.44. The molecule has 30 heavy (non-hydrogen) atoms. The van der Waals surface area contributed by atoms with Crippen LogP contribution in [0.25, 0.3) is 6.08 Å². The Morgan fingerprint density at radius 2 is 1.87 bits per heavy atom. The molecule has 0 bridgehead atoms. The van der Waals surface area contributed by atoms with Gasteiger partial charge in [0.05, 0.1) is 10.6 Å². The number of rotatable bonds is 6. The van der Waals surface area contributed by atoms with Crippen molar-refractivity contribution in [2.45, 2.75) is 6.92 Å². The van der Waals surface area contributed by atoms with Gasteiger partial charge in [-0.15, -0.1) is 5.06 Å². The van der Waals surface area contributed by atoms with Crippen molar-refractivity contribution in [3.05, 3.63) is 76.5 Å². The molecule has 2 aliphatic rings. The van der Waals surface area contributed by atoms with E-state index in [0.717, 1.165) is 5.56 Å². The smallest absolute Gasteiger partial charge is 0.282 e. The number of hydrogen-bond acceptors (Lipinski definition) is 5. The zero-order valence-corrected chi connectivity index (χ0v) is 16.8. The maximum absolute atomic E-state index is 12.3. The molecule has 0 unspecified atom stereocenters. The van der Waals surface area contributed by atoms with Gasteiger partial charge in [0.1, 0.15) is 30.5 Å². The third kappa shape index (κ3) is 4.21. The van der Waals surface area contributed by atoms with E-state index in [1.807, 2.05) is 12.1 Å². The van der Waals surface area contributed by atoms with Gasteiger partial charge in [-0.1, -0.05) is 35.9 Å². The molecule has 0 atom stereocenters. The number of aliphatic imine (C=N–C) groups is 1. The molecule has 2 aromatic carbocycles. The molecule has 4 rings (SSSR count). The fourth-order valence-corrected chi connectivity index (χ4v) is 3.09. The summed E-state index contributed by atoms with van der Waals surface area (Å²) in [5, 5.41) is 10.0. The predicted molar refractivity (Wildman–Crippen MR) is 114 cm³/mol. The van der Waals surface area contributed by atoms with Crippen molar-refractivity contribution < 1.29 is 19.1 Å². The summed E-state index contributed by atoms with van der Waals surface area (Å²) in [4.78, 5) is 21.7. The molecule has 0 saturated heterocycles. The zero-order valence-electron chi connectivity index (χ0n) is 16.1. The number of amides is 1. The van der Waals surface area contributed by atoms with E-state index in [1.54, 1.807) is 55.5 Å². The van der Waals surface area contributed by atoms with Crippen molar-refractivity contribution in [3.8, 4) is 11.5 Å². The van der Waals surface area contributed by atoms with Crippen LogP contribution in [-0.4, -0.2) is 35.9 Å². The number of halogens is 1. The molecule has 0 saturated carbocycles. The van der Waals surface area contributed by atoms with Crippen LogP contribution < -0.4 is 9.47 Å². The Labute approximate surface area is 178 Å². The topological polar surface area (TPSA) is 84.2 Å². The van der Waals surface area contributed by atoms with Gasteiger partial charge in [-0.05, 0) is 42.8 Å². The Balaban J connectivity index is 1.35. The molecule has 152 valence electrons. The zero-order chi connectivity index (χ0) is 21.1. The molecule has 0 aromatic heterocycles. The van der Waals surface area contributed by atoms with Gasteiger partial charge < -0.3 is 14.3 Å². The Bertz CT molecular complexity index is 1090. The molecule has 0 aliphatic carbocycles. The van der Waals surface area contributed by atoms with Crippen molar-refractivity contribution in [1.29, 1.82) is 5.41 Å². The predicted octanol–water partition coefficient (Wildman–Crippen LogP) is 4.25. The first-order chi connectivity index (χ1) is 14.5. The minimum Gasteiger partial charge on any atom is -0.490 e. The van der Waals surface area contributed by atoms with Crippen molar-refractivity contribution in [1.82, 2.24) is 5.06 Å². The quantitative estimate of drug-likeness (QED) is 0.554. The number of allylic oxidation sites excluding steroid dienone is 1. The molecule has 0 fully saturated rings. The standard InChI is InChI=1S/C22H18ClN3O4/c1-14-12-20-25-22(27)17(21(24)26(20)30-14)13-15-6-8-16(9-7-15)28-10-11-29-19-5-3-2-4-18(19)23/h2-9,12-13,24H,10-11H2,1H3/b17-13+,24-21?. The highest BCUT2D eigenvalue weighted by molar-refractivity contribution is 6.32. The summed E-state index contributed by atoms with van der Waals surface area (Å²) >= 11 is 6.04. The van der Waals surface area contributed by atoms with Crippen molar-refractivity contribution in [3.63, 3.8) is 0 Å². The van der Waals surface area contributed by atoms with Crippen LogP contribution in [0.3, 0.4) is 0 Å². The first kappa shape index (κ1) is 19.7. The summed E-state index contributed by atoms with van der Waals surface area (Å²) in [6, 6.07) is 14.4. The van der Waals surface area contributed by atoms with Crippen molar-refractivity contribution in [2.75, 3.05) is 13.2 Å². The number of amidine groups is 2. The van der Waals surface area contributed by atoms with Gasteiger partial charge in [-0.2, -0.15) is 4.99 Å². The molecule has 0 radical (unpaired) electrons. The summed E-state index contributed by atoms with van der Waals surface area (Å²) in [7, 11) is 0. The van der Waals surface area contributed by atoms with Crippen LogP contribution in [0.5, 0.6) is 11.5 Å². The average molecular weight is 424 g/mol. The van der Waals surface area contributed by atoms with Crippen LogP contribution in [0.2, 0.25) is 5.02 Å². The highest BCUT2D eigenvalue weighted by Gasteiger charge is 2.34. The monoisotopic (exact) mass is 423 g/mol. The second-order valence-electron chi connectivity index (χ2n) is 6.52. The average Bonchev–Trinajstić information content (AvgIpc) is 3.11. The summed E-state index contributed by atoms with van der Waals surface area (Å²) < 4.78 is 11.3. The van der Waals surface area contributed by atoms with Gasteiger partial charge in [-0.25, -0.2) is 0 Å². The van der Waals surface area contributed by atoms with Crippen LogP contribution in [0.15, 0.2) is 70.9 Å². The molecular weight excluding hydrogens is 406 g/mol. The molecule has 2 aromatic rings. The largest absolute Gasteiger partial charge is 0.490 e. The molecule has 0 spiro atoms. The summed E-state index contributed by atoms with van der Waals surface area (Å²) in [5.74, 6) is 1.65. The lowest BCUT2D eigenvalue weighted by Gasteiger charge is -2.22. The molecule has 8 heteroatoms. The number of nitrogens with zero attached hydrogens (tertiary/aromatic N) is 2. The Morgan fingerprint density at radius 3 is 2.63 bits per heavy atom. The van der Waals surface area contributed by atoms with E-state index < -0.39 is 5.91 Å². The number of fused-ring (bicyclic) bond motifs is 1. The number of para-hydroxylation sites is 1. The fraction of sp³-hybridized carbons (Fsp3) is 0.136. The maximum atomic E-state index is 12.3. The number of hydrogen-bond donors (Lipinski definition) is 1. The van der Waals surface area contributed by atoms with Crippen LogP contribution >= 0.6 is 11.6 Å². The van der Waals surface area contributed by atoms with E-state index in [0.29, 0.717) is 41.3 Å². The van der Waals surface area contributed by atoms with Crippen molar-refractivity contribution in [2.24, 2.45) is 4.99 Å². The van der Waals surface area contributed by atoms with Gasteiger partial charge in [0.25, 0.3) is 5.91 Å². The van der Waals surface area contributed by atoms with Crippen molar-refractivity contribution >= 4 is 35.3 Å². The molecule has 7 nitrogen and oxygen atoms in total. The lowest BCUT2D eigenvalue weighted by molar-refractivity contribution is -0.114. The van der Waals surface area contributed by atoms with Gasteiger partial charge >= 0.3 is 0 Å². The van der Waals surface area contributed by atoms with E-state index in [2.05, 4.69) is 4.99 Å². The fourth-order valence-electron chi connectivity index (χ4n) is 2.90. The lowest BCUT2D eigenvalue weighted by Crippen LogP contribution is -2.38.